The van der Waals surface area contributed by atoms with Crippen molar-refractivity contribution in [2.24, 2.45) is 23.2 Å². The van der Waals surface area contributed by atoms with E-state index in [1.165, 1.54) is 31.4 Å². The maximum atomic E-state index is 12.8. The fourth-order valence-electron chi connectivity index (χ4n) is 5.38. The average Bonchev–Trinajstić information content (AvgIpc) is 2.52. The molecule has 4 bridgehead atoms. The Kier molecular flexibility index (Phi) is 3.64. The van der Waals surface area contributed by atoms with Crippen LogP contribution in [0.1, 0.15) is 44.1 Å². The first-order valence-electron chi connectivity index (χ1n) is 8.66. The Hall–Kier alpha value is -1.82. The van der Waals surface area contributed by atoms with Gasteiger partial charge in [-0.05, 0) is 80.5 Å². The van der Waals surface area contributed by atoms with Gasteiger partial charge in [0.05, 0.1) is 6.54 Å². The number of benzene rings is 1. The third-order valence-electron chi connectivity index (χ3n) is 5.93. The molecule has 1 aromatic rings. The molecule has 0 radical (unpaired) electrons. The molecule has 1 N–H and O–H groups in total. The van der Waals surface area contributed by atoms with Crippen molar-refractivity contribution < 1.29 is 9.18 Å². The minimum atomic E-state index is -0.259. The van der Waals surface area contributed by atoms with Crippen LogP contribution < -0.4 is 5.32 Å². The topological polar surface area (TPSA) is 29.1 Å². The average molecular weight is 311 g/mol. The summed E-state index contributed by atoms with van der Waals surface area (Å²) >= 11 is 0. The summed E-state index contributed by atoms with van der Waals surface area (Å²) in [7, 11) is 0. The van der Waals surface area contributed by atoms with E-state index in [4.69, 9.17) is 0 Å². The molecule has 4 fully saturated rings. The molecule has 2 nitrogen and oxygen atoms in total. The van der Waals surface area contributed by atoms with Crippen molar-refractivity contribution in [3.05, 3.63) is 35.6 Å². The molecule has 120 valence electrons. The number of halogens is 1. The Morgan fingerprint density at radius 1 is 1.09 bits per heavy atom. The first kappa shape index (κ1) is 14.8. The second kappa shape index (κ2) is 5.67. The fraction of sp³-hybridized carbons (Fsp3) is 0.550. The molecule has 0 aliphatic heterocycles. The zero-order chi connectivity index (χ0) is 15.9. The van der Waals surface area contributed by atoms with Gasteiger partial charge in [0.2, 0.25) is 5.91 Å². The fourth-order valence-corrected chi connectivity index (χ4v) is 5.38. The number of nitrogens with one attached hydrogen (secondary N) is 1. The number of hydrogen-bond donors (Lipinski definition) is 1. The number of rotatable bonds is 2. The van der Waals surface area contributed by atoms with Gasteiger partial charge in [0.25, 0.3) is 0 Å². The largest absolute Gasteiger partial charge is 0.345 e. The Morgan fingerprint density at radius 2 is 1.65 bits per heavy atom. The molecule has 4 aliphatic rings. The molecule has 4 aliphatic carbocycles. The van der Waals surface area contributed by atoms with Gasteiger partial charge in [-0.15, -0.1) is 0 Å². The number of hydrogen-bond acceptors (Lipinski definition) is 1. The summed E-state index contributed by atoms with van der Waals surface area (Å²) in [5.74, 6) is 8.23. The molecule has 1 aromatic carbocycles. The van der Waals surface area contributed by atoms with Crippen LogP contribution in [-0.2, 0) is 4.79 Å². The Bertz CT molecular complexity index is 632. The van der Waals surface area contributed by atoms with Gasteiger partial charge in [0.1, 0.15) is 5.82 Å². The lowest BCUT2D eigenvalue weighted by molar-refractivity contribution is -0.145. The summed E-state index contributed by atoms with van der Waals surface area (Å²) in [6, 6.07) is 6.11. The van der Waals surface area contributed by atoms with E-state index < -0.39 is 0 Å². The molecule has 3 heteroatoms. The van der Waals surface area contributed by atoms with Gasteiger partial charge >= 0.3 is 0 Å². The van der Waals surface area contributed by atoms with E-state index in [0.717, 1.165) is 42.6 Å². The van der Waals surface area contributed by atoms with E-state index >= 15 is 0 Å². The molecule has 23 heavy (non-hydrogen) atoms. The highest BCUT2D eigenvalue weighted by Gasteiger charge is 2.54. The molecule has 0 atom stereocenters. The van der Waals surface area contributed by atoms with Crippen molar-refractivity contribution >= 4 is 5.91 Å². The van der Waals surface area contributed by atoms with Crippen LogP contribution in [0.2, 0.25) is 0 Å². The number of carbonyl (C=O) groups is 1. The zero-order valence-electron chi connectivity index (χ0n) is 13.3. The quantitative estimate of drug-likeness (QED) is 0.832. The molecule has 0 saturated heterocycles. The third kappa shape index (κ3) is 2.87. The molecule has 5 rings (SSSR count). The molecule has 0 aromatic heterocycles. The first-order chi connectivity index (χ1) is 11.1. The normalized spacial score (nSPS) is 33.9. The Labute approximate surface area is 136 Å². The molecular weight excluding hydrogens is 289 g/mol. The summed E-state index contributed by atoms with van der Waals surface area (Å²) < 4.78 is 12.8. The molecule has 0 unspecified atom stereocenters. The predicted octanol–water partition coefficient (Wildman–Crippen LogP) is 3.51. The van der Waals surface area contributed by atoms with Crippen molar-refractivity contribution in [3.8, 4) is 11.8 Å². The van der Waals surface area contributed by atoms with E-state index in [2.05, 4.69) is 17.2 Å². The molecule has 1 amide bonds. The standard InChI is InChI=1S/C20H22FNO/c21-18-5-3-14(4-6-18)2-1-7-22-19(23)20-11-15-8-16(12-20)10-17(9-15)13-20/h3-6,15-17H,7-13H2,(H,22,23). The van der Waals surface area contributed by atoms with Crippen LogP contribution in [0.3, 0.4) is 0 Å². The van der Waals surface area contributed by atoms with Crippen LogP contribution in [0.4, 0.5) is 4.39 Å². The number of amides is 1. The van der Waals surface area contributed by atoms with Gasteiger partial charge in [0, 0.05) is 11.0 Å². The smallest absolute Gasteiger partial charge is 0.226 e. The minimum Gasteiger partial charge on any atom is -0.345 e. The van der Waals surface area contributed by atoms with E-state index in [9.17, 15) is 9.18 Å². The lowest BCUT2D eigenvalue weighted by atomic mass is 9.49. The third-order valence-corrected chi connectivity index (χ3v) is 5.93. The van der Waals surface area contributed by atoms with Gasteiger partial charge in [0.15, 0.2) is 0 Å². The second-order valence-corrected chi connectivity index (χ2v) is 7.69. The van der Waals surface area contributed by atoms with Crippen molar-refractivity contribution in [2.75, 3.05) is 6.54 Å². The second-order valence-electron chi connectivity index (χ2n) is 7.69. The Morgan fingerprint density at radius 3 is 2.22 bits per heavy atom. The predicted molar refractivity (Wildman–Crippen MR) is 86.9 cm³/mol. The van der Waals surface area contributed by atoms with Gasteiger partial charge in [-0.25, -0.2) is 4.39 Å². The number of carbonyl (C=O) groups excluding carboxylic acids is 1. The van der Waals surface area contributed by atoms with Crippen LogP contribution >= 0.6 is 0 Å². The van der Waals surface area contributed by atoms with Crippen molar-refractivity contribution in [1.82, 2.24) is 5.32 Å². The summed E-state index contributed by atoms with van der Waals surface area (Å²) in [5.41, 5.74) is 0.669. The van der Waals surface area contributed by atoms with Gasteiger partial charge in [-0.2, -0.15) is 0 Å². The molecular formula is C20H22FNO. The van der Waals surface area contributed by atoms with Crippen LogP contribution in [0.5, 0.6) is 0 Å². The SMILES string of the molecule is O=C(NCC#Cc1ccc(F)cc1)C12CC3CC(CC(C3)C1)C2. The van der Waals surface area contributed by atoms with Crippen LogP contribution in [0, 0.1) is 40.8 Å². The monoisotopic (exact) mass is 311 g/mol. The van der Waals surface area contributed by atoms with Crippen molar-refractivity contribution in [1.29, 1.82) is 0 Å². The highest BCUT2D eigenvalue weighted by Crippen LogP contribution is 2.60. The molecule has 0 spiro atoms. The van der Waals surface area contributed by atoms with E-state index in [-0.39, 0.29) is 17.1 Å². The van der Waals surface area contributed by atoms with Crippen molar-refractivity contribution in [3.63, 3.8) is 0 Å². The molecule has 4 saturated carbocycles. The van der Waals surface area contributed by atoms with E-state index in [0.29, 0.717) is 6.54 Å². The summed E-state index contributed by atoms with van der Waals surface area (Å²) in [6.07, 6.45) is 7.27. The van der Waals surface area contributed by atoms with Crippen LogP contribution in [0.15, 0.2) is 24.3 Å². The first-order valence-corrected chi connectivity index (χ1v) is 8.66. The lowest BCUT2D eigenvalue weighted by Gasteiger charge is -2.55. The summed E-state index contributed by atoms with van der Waals surface area (Å²) in [5, 5.41) is 3.03. The maximum absolute atomic E-state index is 12.8. The maximum Gasteiger partial charge on any atom is 0.226 e. The van der Waals surface area contributed by atoms with Gasteiger partial charge < -0.3 is 5.32 Å². The highest BCUT2D eigenvalue weighted by atomic mass is 19.1. The van der Waals surface area contributed by atoms with E-state index in [1.54, 1.807) is 12.1 Å². The minimum absolute atomic E-state index is 0.105. The van der Waals surface area contributed by atoms with Gasteiger partial charge in [-0.1, -0.05) is 11.8 Å². The summed E-state index contributed by atoms with van der Waals surface area (Å²) in [6.45, 7) is 0.373. The molecule has 0 heterocycles. The van der Waals surface area contributed by atoms with Crippen molar-refractivity contribution in [2.45, 2.75) is 38.5 Å². The Balaban J connectivity index is 1.37. The summed E-state index contributed by atoms with van der Waals surface area (Å²) in [4.78, 5) is 12.7. The highest BCUT2D eigenvalue weighted by molar-refractivity contribution is 5.83. The lowest BCUT2D eigenvalue weighted by Crippen LogP contribution is -2.53. The zero-order valence-corrected chi connectivity index (χ0v) is 13.3. The van der Waals surface area contributed by atoms with E-state index in [1.807, 2.05) is 0 Å². The van der Waals surface area contributed by atoms with Crippen LogP contribution in [-0.4, -0.2) is 12.5 Å². The van der Waals surface area contributed by atoms with Crippen LogP contribution in [0.25, 0.3) is 0 Å². The van der Waals surface area contributed by atoms with Gasteiger partial charge in [-0.3, -0.25) is 4.79 Å².